The van der Waals surface area contributed by atoms with Crippen molar-refractivity contribution in [2.24, 2.45) is 0 Å². The maximum Gasteiger partial charge on any atom is 0.187 e. The highest BCUT2D eigenvalue weighted by atomic mass is 32.2. The summed E-state index contributed by atoms with van der Waals surface area (Å²) in [5, 5.41) is 2.10. The zero-order valence-electron chi connectivity index (χ0n) is 18.4. The first-order chi connectivity index (χ1) is 15.2. The van der Waals surface area contributed by atoms with Crippen LogP contribution < -0.4 is 4.90 Å². The molecule has 0 N–H and O–H groups in total. The van der Waals surface area contributed by atoms with Gasteiger partial charge in [-0.1, -0.05) is 23.8 Å². The number of sulfone groups is 1. The maximum absolute atomic E-state index is 14.1. The Kier molecular flexibility index (Phi) is 6.36. The Morgan fingerprint density at radius 2 is 1.66 bits per heavy atom. The second-order valence-corrected chi connectivity index (χ2v) is 11.5. The lowest BCUT2D eigenvalue weighted by Crippen LogP contribution is -2.39. The lowest BCUT2D eigenvalue weighted by Gasteiger charge is -2.31. The molecule has 1 aliphatic heterocycles. The second-order valence-electron chi connectivity index (χ2n) is 8.46. The van der Waals surface area contributed by atoms with Crippen LogP contribution in [-0.4, -0.2) is 31.7 Å². The molecule has 1 fully saturated rings. The monoisotopic (exact) mass is 476 g/mol. The van der Waals surface area contributed by atoms with E-state index >= 15 is 0 Å². The summed E-state index contributed by atoms with van der Waals surface area (Å²) >= 11 is 1.55. The van der Waals surface area contributed by atoms with Crippen molar-refractivity contribution in [3.05, 3.63) is 75.3 Å². The standard InChI is InChI=1S/C24H26F2N2O2S2/c1-15-11-16(2)20(17(3)12-15)13-18-14-31-24(27-18)28-9-7-19(8-10-28)32(29,30)23-21(25)5-4-6-22(23)26/h4-6,11-12,14,19H,7-10,13H2,1-3H3. The molecular weight excluding hydrogens is 450 g/mol. The number of piperidine rings is 1. The minimum Gasteiger partial charge on any atom is -0.348 e. The molecule has 8 heteroatoms. The molecule has 3 aromatic rings. The lowest BCUT2D eigenvalue weighted by molar-refractivity contribution is 0.497. The van der Waals surface area contributed by atoms with Crippen LogP contribution in [-0.2, 0) is 16.3 Å². The molecule has 1 saturated heterocycles. The third-order valence-corrected chi connectivity index (χ3v) is 9.35. The van der Waals surface area contributed by atoms with Crippen molar-refractivity contribution in [3.63, 3.8) is 0 Å². The van der Waals surface area contributed by atoms with Crippen molar-refractivity contribution < 1.29 is 17.2 Å². The molecule has 2 heterocycles. The Balaban J connectivity index is 1.45. The molecule has 1 aliphatic rings. The van der Waals surface area contributed by atoms with Gasteiger partial charge in [-0.2, -0.15) is 0 Å². The van der Waals surface area contributed by atoms with Crippen LogP contribution in [0.15, 0.2) is 40.6 Å². The molecule has 0 aliphatic carbocycles. The van der Waals surface area contributed by atoms with Gasteiger partial charge < -0.3 is 4.90 Å². The van der Waals surface area contributed by atoms with E-state index in [4.69, 9.17) is 4.98 Å². The summed E-state index contributed by atoms with van der Waals surface area (Å²) in [4.78, 5) is 6.04. The third-order valence-electron chi connectivity index (χ3n) is 6.09. The van der Waals surface area contributed by atoms with Crippen molar-refractivity contribution >= 4 is 26.3 Å². The van der Waals surface area contributed by atoms with Crippen molar-refractivity contribution in [1.29, 1.82) is 0 Å². The number of halogens is 2. The first-order valence-corrected chi connectivity index (χ1v) is 13.0. The Labute approximate surface area is 191 Å². The average molecular weight is 477 g/mol. The average Bonchev–Trinajstić information content (AvgIpc) is 3.19. The maximum atomic E-state index is 14.1. The van der Waals surface area contributed by atoms with Gasteiger partial charge in [0.25, 0.3) is 0 Å². The van der Waals surface area contributed by atoms with E-state index < -0.39 is 31.6 Å². The van der Waals surface area contributed by atoms with E-state index in [2.05, 4.69) is 37.8 Å². The van der Waals surface area contributed by atoms with Gasteiger partial charge in [-0.3, -0.25) is 0 Å². The van der Waals surface area contributed by atoms with Gasteiger partial charge in [0.05, 0.1) is 10.9 Å². The fourth-order valence-electron chi connectivity index (χ4n) is 4.47. The van der Waals surface area contributed by atoms with Crippen LogP contribution in [0.3, 0.4) is 0 Å². The summed E-state index contributed by atoms with van der Waals surface area (Å²) in [5.41, 5.74) is 6.02. The lowest BCUT2D eigenvalue weighted by atomic mass is 9.96. The molecule has 4 rings (SSSR count). The zero-order chi connectivity index (χ0) is 23.0. The fourth-order valence-corrected chi connectivity index (χ4v) is 7.19. The van der Waals surface area contributed by atoms with Gasteiger partial charge in [-0.15, -0.1) is 11.3 Å². The van der Waals surface area contributed by atoms with Gasteiger partial charge >= 0.3 is 0 Å². The number of nitrogens with zero attached hydrogens (tertiary/aromatic N) is 2. The van der Waals surface area contributed by atoms with Crippen molar-refractivity contribution in [2.45, 2.75) is 50.2 Å². The molecule has 0 bridgehead atoms. The predicted molar refractivity (Wildman–Crippen MR) is 124 cm³/mol. The third kappa shape index (κ3) is 4.43. The summed E-state index contributed by atoms with van der Waals surface area (Å²) in [5.74, 6) is -2.06. The largest absolute Gasteiger partial charge is 0.348 e. The first-order valence-electron chi connectivity index (χ1n) is 10.6. The van der Waals surface area contributed by atoms with E-state index in [1.165, 1.54) is 28.3 Å². The number of aromatic nitrogens is 1. The molecular formula is C24H26F2N2O2S2. The number of hydrogen-bond donors (Lipinski definition) is 0. The summed E-state index contributed by atoms with van der Waals surface area (Å²) in [6.45, 7) is 7.29. The van der Waals surface area contributed by atoms with Gasteiger partial charge in [0.2, 0.25) is 0 Å². The minimum atomic E-state index is -4.07. The summed E-state index contributed by atoms with van der Waals surface area (Å²) in [6, 6.07) is 7.50. The number of hydrogen-bond acceptors (Lipinski definition) is 5. The smallest absolute Gasteiger partial charge is 0.187 e. The van der Waals surface area contributed by atoms with Gasteiger partial charge in [-0.05, 0) is 62.4 Å². The first kappa shape index (κ1) is 22.9. The van der Waals surface area contributed by atoms with Gasteiger partial charge in [0.1, 0.15) is 16.5 Å². The molecule has 0 amide bonds. The molecule has 0 unspecified atom stereocenters. The summed E-state index contributed by atoms with van der Waals surface area (Å²) < 4.78 is 53.8. The molecule has 0 atom stereocenters. The Morgan fingerprint density at radius 3 is 2.25 bits per heavy atom. The van der Waals surface area contributed by atoms with E-state index in [0.29, 0.717) is 25.9 Å². The van der Waals surface area contributed by atoms with E-state index in [1.54, 1.807) is 11.3 Å². The van der Waals surface area contributed by atoms with Crippen LogP contribution in [0.2, 0.25) is 0 Å². The van der Waals surface area contributed by atoms with Crippen LogP contribution >= 0.6 is 11.3 Å². The molecule has 0 spiro atoms. The summed E-state index contributed by atoms with van der Waals surface area (Å²) in [7, 11) is -4.07. The highest BCUT2D eigenvalue weighted by molar-refractivity contribution is 7.92. The Bertz CT molecular complexity index is 1200. The molecule has 0 saturated carbocycles. The normalized spacial score (nSPS) is 15.3. The summed E-state index contributed by atoms with van der Waals surface area (Å²) in [6.07, 6.45) is 1.37. The van der Waals surface area contributed by atoms with Crippen molar-refractivity contribution in [2.75, 3.05) is 18.0 Å². The quantitative estimate of drug-likeness (QED) is 0.496. The number of benzene rings is 2. The zero-order valence-corrected chi connectivity index (χ0v) is 20.0. The highest BCUT2D eigenvalue weighted by Crippen LogP contribution is 2.32. The molecule has 2 aromatic carbocycles. The topological polar surface area (TPSA) is 50.3 Å². The molecule has 4 nitrogen and oxygen atoms in total. The van der Waals surface area contributed by atoms with Crippen molar-refractivity contribution in [3.8, 4) is 0 Å². The number of rotatable bonds is 5. The molecule has 1 aromatic heterocycles. The predicted octanol–water partition coefficient (Wildman–Crippen LogP) is 5.38. The van der Waals surface area contributed by atoms with Crippen LogP contribution in [0.1, 0.15) is 40.8 Å². The minimum absolute atomic E-state index is 0.307. The van der Waals surface area contributed by atoms with E-state index in [0.717, 1.165) is 29.4 Å². The molecule has 0 radical (unpaired) electrons. The van der Waals surface area contributed by atoms with Crippen molar-refractivity contribution in [1.82, 2.24) is 4.98 Å². The van der Waals surface area contributed by atoms with Gasteiger partial charge in [-0.25, -0.2) is 22.2 Å². The van der Waals surface area contributed by atoms with Crippen LogP contribution in [0.5, 0.6) is 0 Å². The Morgan fingerprint density at radius 1 is 1.06 bits per heavy atom. The molecule has 32 heavy (non-hydrogen) atoms. The van der Waals surface area contributed by atoms with Crippen LogP contribution in [0, 0.1) is 32.4 Å². The van der Waals surface area contributed by atoms with E-state index in [-0.39, 0.29) is 0 Å². The number of aryl methyl sites for hydroxylation is 3. The second kappa shape index (κ2) is 8.90. The van der Waals surface area contributed by atoms with E-state index in [1.807, 2.05) is 5.38 Å². The van der Waals surface area contributed by atoms with Gasteiger partial charge in [0, 0.05) is 24.9 Å². The Hall–Kier alpha value is -2.32. The number of thiazole rings is 1. The molecule has 170 valence electrons. The van der Waals surface area contributed by atoms with E-state index in [9.17, 15) is 17.2 Å². The fraction of sp³-hybridized carbons (Fsp3) is 0.375. The highest BCUT2D eigenvalue weighted by Gasteiger charge is 2.35. The van der Waals surface area contributed by atoms with Crippen LogP contribution in [0.25, 0.3) is 0 Å². The van der Waals surface area contributed by atoms with Gasteiger partial charge in [0.15, 0.2) is 15.0 Å². The number of anilines is 1. The van der Waals surface area contributed by atoms with Crippen LogP contribution in [0.4, 0.5) is 13.9 Å². The SMILES string of the molecule is Cc1cc(C)c(Cc2csc(N3CCC(S(=O)(=O)c4c(F)cccc4F)CC3)n2)c(C)c1.